The number of benzene rings is 4. The van der Waals surface area contributed by atoms with E-state index >= 15 is 0 Å². The average molecular weight is 827 g/mol. The van der Waals surface area contributed by atoms with Crippen LogP contribution in [0.4, 0.5) is 0 Å². The molecule has 2 heterocycles. The molecule has 0 bridgehead atoms. The number of rotatable bonds is 8. The first-order valence-corrected chi connectivity index (χ1v) is 19.6. The Bertz CT molecular complexity index is 2510. The molecule has 10 nitrogen and oxygen atoms in total. The van der Waals surface area contributed by atoms with E-state index in [2.05, 4.69) is 47.4 Å². The highest BCUT2D eigenvalue weighted by Crippen LogP contribution is 2.34. The minimum Gasteiger partial charge on any atom is -0.458 e. The highest BCUT2D eigenvalue weighted by molar-refractivity contribution is 5.93. The Hall–Kier alpha value is -7.60. The van der Waals surface area contributed by atoms with Crippen molar-refractivity contribution < 1.29 is 48.3 Å². The van der Waals surface area contributed by atoms with Gasteiger partial charge in [-0.3, -0.25) is 0 Å². The third-order valence-electron chi connectivity index (χ3n) is 10.0. The van der Waals surface area contributed by atoms with Crippen LogP contribution in [0.1, 0.15) is 94.6 Å². The quantitative estimate of drug-likeness (QED) is 0.0908. The highest BCUT2D eigenvalue weighted by Gasteiger charge is 2.46. The van der Waals surface area contributed by atoms with Crippen molar-refractivity contribution >= 4 is 23.9 Å². The Labute approximate surface area is 360 Å². The van der Waals surface area contributed by atoms with E-state index in [-0.39, 0.29) is 26.1 Å². The minimum absolute atomic E-state index is 0.172. The third-order valence-corrected chi connectivity index (χ3v) is 10.0. The van der Waals surface area contributed by atoms with Crippen LogP contribution < -0.4 is 0 Å². The molecule has 0 spiro atoms. The summed E-state index contributed by atoms with van der Waals surface area (Å²) in [6.45, 7) is 5.72. The van der Waals surface area contributed by atoms with Crippen LogP contribution in [0.3, 0.4) is 0 Å². The summed E-state index contributed by atoms with van der Waals surface area (Å²) in [4.78, 5) is 49.7. The molecule has 2 atom stereocenters. The van der Waals surface area contributed by atoms with Crippen molar-refractivity contribution in [1.82, 2.24) is 0 Å². The maximum Gasteiger partial charge on any atom is 0.338 e. The van der Waals surface area contributed by atoms with Gasteiger partial charge in [-0.05, 0) is 137 Å². The van der Waals surface area contributed by atoms with Crippen molar-refractivity contribution in [1.29, 1.82) is 0 Å². The molecule has 0 radical (unpaired) electrons. The van der Waals surface area contributed by atoms with Gasteiger partial charge in [-0.25, -0.2) is 19.2 Å². The van der Waals surface area contributed by atoms with Gasteiger partial charge in [0.2, 0.25) is 0 Å². The molecule has 0 amide bonds. The number of carbonyl (C=O) groups excluding carboxylic acids is 4. The maximum atomic E-state index is 12.7. The lowest BCUT2D eigenvalue weighted by molar-refractivity contribution is -0.155. The molecule has 0 aromatic heterocycles. The van der Waals surface area contributed by atoms with E-state index in [0.717, 1.165) is 33.4 Å². The lowest BCUT2D eigenvalue weighted by Gasteiger charge is -2.24. The van der Waals surface area contributed by atoms with E-state index < -0.39 is 48.3 Å². The fraction of sp³-hybridized carbons (Fsp3) is 0.231. The number of hydrogen-bond donors (Lipinski definition) is 2. The summed E-state index contributed by atoms with van der Waals surface area (Å²) in [6.07, 6.45) is 0.345. The molecule has 2 N–H and O–H groups in total. The minimum atomic E-state index is -1.28. The number of allylic oxidation sites excluding steroid dienone is 2. The molecular weight excluding hydrogens is 785 g/mol. The molecule has 6 rings (SSSR count). The van der Waals surface area contributed by atoms with E-state index in [1.54, 1.807) is 76.2 Å². The zero-order chi connectivity index (χ0) is 44.3. The molecule has 62 heavy (non-hydrogen) atoms. The molecule has 4 aromatic rings. The summed E-state index contributed by atoms with van der Waals surface area (Å²) in [5, 5.41) is 19.7. The van der Waals surface area contributed by atoms with Gasteiger partial charge in [-0.15, -0.1) is 0 Å². The van der Waals surface area contributed by atoms with Crippen LogP contribution in [0.5, 0.6) is 0 Å². The Morgan fingerprint density at radius 2 is 0.774 bits per heavy atom. The molecule has 10 heteroatoms. The summed E-state index contributed by atoms with van der Waals surface area (Å²) >= 11 is 0. The zero-order valence-electron chi connectivity index (χ0n) is 34.6. The van der Waals surface area contributed by atoms with Gasteiger partial charge in [0.1, 0.15) is 13.2 Å². The molecule has 0 aliphatic carbocycles. The van der Waals surface area contributed by atoms with Crippen molar-refractivity contribution in [3.05, 3.63) is 164 Å². The van der Waals surface area contributed by atoms with Gasteiger partial charge < -0.3 is 29.2 Å². The van der Waals surface area contributed by atoms with E-state index in [4.69, 9.17) is 18.9 Å². The average Bonchev–Trinajstić information content (AvgIpc) is 3.82. The molecular formula is C52H42O10. The summed E-state index contributed by atoms with van der Waals surface area (Å²) in [7, 11) is 0. The lowest BCUT2D eigenvalue weighted by atomic mass is 9.97. The van der Waals surface area contributed by atoms with Crippen LogP contribution in [0, 0.1) is 47.4 Å². The van der Waals surface area contributed by atoms with Crippen molar-refractivity contribution in [2.45, 2.75) is 51.7 Å². The molecule has 4 aromatic carbocycles. The zero-order valence-corrected chi connectivity index (χ0v) is 34.6. The van der Waals surface area contributed by atoms with Gasteiger partial charge in [-0.1, -0.05) is 46.7 Å². The normalized spacial score (nSPS) is 17.3. The summed E-state index contributed by atoms with van der Waals surface area (Å²) in [5.41, 5.74) is 5.10. The van der Waals surface area contributed by atoms with Crippen molar-refractivity contribution in [2.24, 2.45) is 0 Å². The largest absolute Gasteiger partial charge is 0.458 e. The monoisotopic (exact) mass is 826 g/mol. The molecule has 2 unspecified atom stereocenters. The molecule has 2 fully saturated rings. The Morgan fingerprint density at radius 1 is 0.500 bits per heavy atom. The Kier molecular flexibility index (Phi) is 13.9. The number of aliphatic hydroxyl groups excluding tert-OH is 2. The molecule has 2 aliphatic heterocycles. The van der Waals surface area contributed by atoms with Crippen LogP contribution in [-0.2, 0) is 28.5 Å². The fourth-order valence-corrected chi connectivity index (χ4v) is 6.28. The summed E-state index contributed by atoms with van der Waals surface area (Å²) in [5.74, 6) is 21.9. The molecule has 2 saturated heterocycles. The third kappa shape index (κ3) is 11.2. The second-order valence-electron chi connectivity index (χ2n) is 15.2. The van der Waals surface area contributed by atoms with Crippen molar-refractivity contribution in [3.8, 4) is 47.4 Å². The van der Waals surface area contributed by atoms with Crippen molar-refractivity contribution in [3.63, 3.8) is 0 Å². The predicted molar refractivity (Wildman–Crippen MR) is 230 cm³/mol. The SMILES string of the molecule is CC(C)=C1CC(CO)(COC(=O)c2ccc(C#Cc3ccc(C#CC#Cc4ccc(C#Cc5ccc(C(=O)OCC6(CO)CC(=C(C)C)C(=O)O6)cc5)cc4)cc3)cc2)OC1=O. The topological polar surface area (TPSA) is 146 Å². The standard InChI is InChI=1S/C52H42O10/c1-35(2)45-29-51(31-53,61-49(45)57)33-59-47(55)43-25-21-41(22-26-43)19-17-39-13-9-37(10-14-39)7-5-6-8-38-11-15-40(16-12-38)18-20-42-23-27-44(28-24-42)48(56)60-34-52(32-54)30-46(36(3)4)50(58)62-52/h9-16,21-28,53-54H,29-34H2,1-4H3. The summed E-state index contributed by atoms with van der Waals surface area (Å²) < 4.78 is 21.5. The second-order valence-corrected chi connectivity index (χ2v) is 15.2. The number of cyclic esters (lactones) is 2. The predicted octanol–water partition coefficient (Wildman–Crippen LogP) is 6.23. The highest BCUT2D eigenvalue weighted by atomic mass is 16.6. The fourth-order valence-electron chi connectivity index (χ4n) is 6.28. The van der Waals surface area contributed by atoms with Crippen LogP contribution in [0.15, 0.2) is 119 Å². The number of ether oxygens (including phenoxy) is 4. The van der Waals surface area contributed by atoms with Crippen LogP contribution in [-0.4, -0.2) is 71.7 Å². The summed E-state index contributed by atoms with van der Waals surface area (Å²) in [6, 6.07) is 28.1. The Morgan fingerprint density at radius 3 is 1.03 bits per heavy atom. The number of carbonyl (C=O) groups is 4. The molecule has 0 saturated carbocycles. The molecule has 2 aliphatic rings. The number of esters is 4. The van der Waals surface area contributed by atoms with E-state index in [0.29, 0.717) is 33.4 Å². The van der Waals surface area contributed by atoms with Gasteiger partial charge >= 0.3 is 23.9 Å². The van der Waals surface area contributed by atoms with Crippen LogP contribution >= 0.6 is 0 Å². The smallest absolute Gasteiger partial charge is 0.338 e. The van der Waals surface area contributed by atoms with E-state index in [9.17, 15) is 29.4 Å². The lowest BCUT2D eigenvalue weighted by Crippen LogP contribution is -2.39. The first kappa shape index (κ1) is 44.0. The van der Waals surface area contributed by atoms with Gasteiger partial charge in [0.05, 0.1) is 24.3 Å². The van der Waals surface area contributed by atoms with Crippen LogP contribution in [0.25, 0.3) is 0 Å². The van der Waals surface area contributed by atoms with Crippen LogP contribution in [0.2, 0.25) is 0 Å². The van der Waals surface area contributed by atoms with E-state index in [1.807, 2.05) is 48.5 Å². The van der Waals surface area contributed by atoms with E-state index in [1.165, 1.54) is 0 Å². The van der Waals surface area contributed by atoms with Gasteiger partial charge in [0.25, 0.3) is 0 Å². The van der Waals surface area contributed by atoms with Crippen molar-refractivity contribution in [2.75, 3.05) is 26.4 Å². The second kappa shape index (κ2) is 19.6. The van der Waals surface area contributed by atoms with Gasteiger partial charge in [0, 0.05) is 57.4 Å². The first-order chi connectivity index (χ1) is 29.8. The Balaban J connectivity index is 0.956. The number of hydrogen-bond acceptors (Lipinski definition) is 10. The number of aliphatic hydroxyl groups is 2. The maximum absolute atomic E-state index is 12.7. The molecule has 310 valence electrons. The van der Waals surface area contributed by atoms with Gasteiger partial charge in [-0.2, -0.15) is 0 Å². The van der Waals surface area contributed by atoms with Gasteiger partial charge in [0.15, 0.2) is 11.2 Å². The first-order valence-electron chi connectivity index (χ1n) is 19.6.